The molecule has 2 aromatic heterocycles. The number of fused-ring (bicyclic) bond motifs is 18. The molecule has 2 aliphatic rings. The molecule has 0 saturated heterocycles. The highest BCUT2D eigenvalue weighted by atomic mass is 32.1. The number of halogens is 1. The van der Waals surface area contributed by atoms with Gasteiger partial charge in [-0.25, -0.2) is 4.39 Å². The molecule has 0 aliphatic heterocycles. The minimum absolute atomic E-state index is 0.0517. The zero-order valence-corrected chi connectivity index (χ0v) is 49.7. The summed E-state index contributed by atoms with van der Waals surface area (Å²) in [7, 11) is 0. The summed E-state index contributed by atoms with van der Waals surface area (Å²) < 4.78 is 26.3. The third-order valence-electron chi connectivity index (χ3n) is 18.3. The van der Waals surface area contributed by atoms with Gasteiger partial charge in [-0.3, -0.25) is 0 Å². The van der Waals surface area contributed by atoms with Gasteiger partial charge in [0.05, 0.1) is 22.2 Å². The Bertz CT molecular complexity index is 4720. The number of para-hydroxylation sites is 1. The Morgan fingerprint density at radius 2 is 0.837 bits per heavy atom. The molecule has 5 heteroatoms. The molecule has 1 unspecified atom stereocenters. The second kappa shape index (κ2) is 19.4. The molecule has 86 heavy (non-hydrogen) atoms. The Balaban J connectivity index is 1.06. The van der Waals surface area contributed by atoms with Crippen molar-refractivity contribution in [1.82, 2.24) is 0 Å². The van der Waals surface area contributed by atoms with Crippen molar-refractivity contribution in [3.63, 3.8) is 0 Å². The van der Waals surface area contributed by atoms with Crippen molar-refractivity contribution in [2.75, 3.05) is 9.80 Å². The predicted molar refractivity (Wildman–Crippen MR) is 361 cm³/mol. The van der Waals surface area contributed by atoms with Crippen LogP contribution in [-0.4, -0.2) is 0 Å². The first-order valence-electron chi connectivity index (χ1n) is 29.8. The molecule has 1 spiro atoms. The number of hydrogen-bond donors (Lipinski definition) is 0. The Labute approximate surface area is 505 Å². The van der Waals surface area contributed by atoms with E-state index in [1.165, 1.54) is 31.5 Å². The van der Waals surface area contributed by atoms with Gasteiger partial charge in [0.1, 0.15) is 17.0 Å². The fourth-order valence-corrected chi connectivity index (χ4v) is 15.4. The summed E-state index contributed by atoms with van der Waals surface area (Å²) in [6, 6.07) is 94.3. The second-order valence-corrected chi connectivity index (χ2v) is 26.4. The molecule has 0 fully saturated rings. The lowest BCUT2D eigenvalue weighted by Gasteiger charge is -2.34. The normalized spacial score (nSPS) is 14.3. The molecule has 1 atom stereocenters. The van der Waals surface area contributed by atoms with Crippen LogP contribution in [0.15, 0.2) is 265 Å². The Hall–Kier alpha value is -9.81. The van der Waals surface area contributed by atoms with Crippen LogP contribution in [0.5, 0.6) is 0 Å². The first-order chi connectivity index (χ1) is 41.8. The third kappa shape index (κ3) is 7.91. The van der Waals surface area contributed by atoms with Crippen molar-refractivity contribution in [1.29, 1.82) is 0 Å². The van der Waals surface area contributed by atoms with E-state index in [0.29, 0.717) is 0 Å². The zero-order chi connectivity index (χ0) is 58.2. The summed E-state index contributed by atoms with van der Waals surface area (Å²) in [5.41, 5.74) is 22.3. The van der Waals surface area contributed by atoms with E-state index in [2.05, 4.69) is 300 Å². The molecule has 0 saturated carbocycles. The van der Waals surface area contributed by atoms with Crippen LogP contribution in [-0.2, 0) is 16.2 Å². The van der Waals surface area contributed by atoms with Crippen molar-refractivity contribution >= 4 is 87.6 Å². The monoisotopic (exact) mass is 1130 g/mol. The molecule has 0 radical (unpaired) electrons. The van der Waals surface area contributed by atoms with Gasteiger partial charge >= 0.3 is 0 Å². The topological polar surface area (TPSA) is 19.6 Å². The van der Waals surface area contributed by atoms with E-state index in [4.69, 9.17) is 4.42 Å². The molecule has 12 aromatic carbocycles. The van der Waals surface area contributed by atoms with Crippen LogP contribution >= 0.6 is 11.3 Å². The van der Waals surface area contributed by atoms with Gasteiger partial charge in [0.25, 0.3) is 0 Å². The molecular formula is C81H61FN2OS. The van der Waals surface area contributed by atoms with Crippen molar-refractivity contribution in [2.24, 2.45) is 0 Å². The molecular weight excluding hydrogens is 1070 g/mol. The van der Waals surface area contributed by atoms with Crippen molar-refractivity contribution in [3.05, 3.63) is 300 Å². The highest BCUT2D eigenvalue weighted by Gasteiger charge is 2.54. The van der Waals surface area contributed by atoms with Crippen LogP contribution in [0.2, 0.25) is 0 Å². The maximum absolute atomic E-state index is 16.3. The highest BCUT2D eigenvalue weighted by molar-refractivity contribution is 7.26. The molecule has 2 aliphatic carbocycles. The first kappa shape index (κ1) is 51.8. The average Bonchev–Trinajstić information content (AvgIpc) is 1.67. The van der Waals surface area contributed by atoms with Gasteiger partial charge in [-0.2, -0.15) is 0 Å². The van der Waals surface area contributed by atoms with Gasteiger partial charge < -0.3 is 14.2 Å². The smallest absolute Gasteiger partial charge is 0.145 e. The molecule has 2 heterocycles. The number of thiophene rings is 1. The number of hydrogen-bond acceptors (Lipinski definition) is 4. The standard InChI is InChI=1S/C81H61FN2OS/c1-79(2,3)54-33-42-59(43-34-54)83(57-38-29-52(30-39-57)50-19-9-7-10-20-50)69-48-67-75(77-73(69)62-24-14-17-27-71(62)85-77)76-68(81(67)65-26-16-13-23-61(65)64-47-56(82)37-46-66(64)81)49-70(74-63-25-15-18-28-72(63)86-78(74)76)84(60-44-35-55(36-45-60)80(4,5)6)58-40-31-53(32-41-58)51-21-11-8-12-22-51/h7-49H,1-6H3. The summed E-state index contributed by atoms with van der Waals surface area (Å²) in [6.07, 6.45) is 0. The van der Waals surface area contributed by atoms with E-state index in [1.54, 1.807) is 12.1 Å². The summed E-state index contributed by atoms with van der Waals surface area (Å²) in [4.78, 5) is 4.92. The maximum Gasteiger partial charge on any atom is 0.145 e. The van der Waals surface area contributed by atoms with Gasteiger partial charge in [-0.05, 0) is 163 Å². The van der Waals surface area contributed by atoms with Crippen LogP contribution in [0.4, 0.5) is 38.5 Å². The molecule has 414 valence electrons. The lowest BCUT2D eigenvalue weighted by Crippen LogP contribution is -2.26. The lowest BCUT2D eigenvalue weighted by atomic mass is 9.70. The number of nitrogens with zero attached hydrogens (tertiary/aromatic N) is 2. The van der Waals surface area contributed by atoms with Crippen molar-refractivity contribution in [3.8, 4) is 44.5 Å². The zero-order valence-electron chi connectivity index (χ0n) is 48.9. The number of anilines is 6. The van der Waals surface area contributed by atoms with Gasteiger partial charge in [0.15, 0.2) is 0 Å². The van der Waals surface area contributed by atoms with Gasteiger partial charge in [0, 0.05) is 59.4 Å². The van der Waals surface area contributed by atoms with Gasteiger partial charge in [-0.1, -0.05) is 217 Å². The van der Waals surface area contributed by atoms with E-state index >= 15 is 4.39 Å². The van der Waals surface area contributed by atoms with Crippen molar-refractivity contribution in [2.45, 2.75) is 57.8 Å². The van der Waals surface area contributed by atoms with Crippen LogP contribution < -0.4 is 9.80 Å². The summed E-state index contributed by atoms with van der Waals surface area (Å²) in [5, 5.41) is 4.40. The third-order valence-corrected chi connectivity index (χ3v) is 19.4. The predicted octanol–water partition coefficient (Wildman–Crippen LogP) is 23.3. The van der Waals surface area contributed by atoms with E-state index in [9.17, 15) is 0 Å². The largest absolute Gasteiger partial charge is 0.455 e. The SMILES string of the molecule is CC(C)(C)c1ccc(N(c2ccc(-c3ccccc3)cc2)c2cc3c(c4oc5ccccc5c24)-c2c(cc(N(c4ccc(-c5ccccc5)cc4)c4ccc(C(C)(C)C)cc4)c4c2sc2ccccc24)C32c3ccccc3-c3cc(F)ccc32)cc1. The first-order valence-corrected chi connectivity index (χ1v) is 30.6. The molecule has 0 bridgehead atoms. The second-order valence-electron chi connectivity index (χ2n) is 25.3. The van der Waals surface area contributed by atoms with E-state index in [0.717, 1.165) is 123 Å². The van der Waals surface area contributed by atoms with Gasteiger partial charge in [0.2, 0.25) is 0 Å². The van der Waals surface area contributed by atoms with E-state index < -0.39 is 5.41 Å². The molecule has 16 rings (SSSR count). The number of benzene rings is 12. The fourth-order valence-electron chi connectivity index (χ4n) is 14.1. The highest BCUT2D eigenvalue weighted by Crippen LogP contribution is 2.68. The summed E-state index contributed by atoms with van der Waals surface area (Å²) in [5.74, 6) is -0.268. The van der Waals surface area contributed by atoms with Crippen LogP contribution in [0.3, 0.4) is 0 Å². The van der Waals surface area contributed by atoms with Gasteiger partial charge in [-0.15, -0.1) is 11.3 Å². The Kier molecular flexibility index (Phi) is 11.7. The maximum atomic E-state index is 16.3. The Morgan fingerprint density at radius 3 is 1.41 bits per heavy atom. The van der Waals surface area contributed by atoms with Crippen molar-refractivity contribution < 1.29 is 8.81 Å². The van der Waals surface area contributed by atoms with Crippen LogP contribution in [0.25, 0.3) is 86.6 Å². The molecule has 0 N–H and O–H groups in total. The fraction of sp³-hybridized carbons (Fsp3) is 0.111. The van der Waals surface area contributed by atoms with E-state index in [-0.39, 0.29) is 16.6 Å². The minimum atomic E-state index is -0.955. The minimum Gasteiger partial charge on any atom is -0.455 e. The Morgan fingerprint density at radius 1 is 0.384 bits per heavy atom. The average molecular weight is 1130 g/mol. The molecule has 3 nitrogen and oxygen atoms in total. The number of furan rings is 1. The van der Waals surface area contributed by atoms with Crippen LogP contribution in [0, 0.1) is 5.82 Å². The quantitative estimate of drug-likeness (QED) is 0.151. The molecule has 0 amide bonds. The molecule has 14 aromatic rings. The lowest BCUT2D eigenvalue weighted by molar-refractivity contribution is 0.590. The number of rotatable bonds is 8. The van der Waals surface area contributed by atoms with Crippen LogP contribution in [0.1, 0.15) is 74.9 Å². The summed E-state index contributed by atoms with van der Waals surface area (Å²) in [6.45, 7) is 13.6. The van der Waals surface area contributed by atoms with E-state index in [1.807, 2.05) is 11.3 Å². The summed E-state index contributed by atoms with van der Waals surface area (Å²) >= 11 is 1.85.